The fourth-order valence-electron chi connectivity index (χ4n) is 2.45. The maximum absolute atomic E-state index is 11.9. The number of nitrogens with zero attached hydrogens (tertiary/aromatic N) is 1. The fourth-order valence-corrected chi connectivity index (χ4v) is 2.45. The van der Waals surface area contributed by atoms with Gasteiger partial charge in [0.15, 0.2) is 0 Å². The number of aryl methyl sites for hydroxylation is 1. The maximum Gasteiger partial charge on any atom is 0.319 e. The number of urea groups is 1. The Kier molecular flexibility index (Phi) is 4.74. The highest BCUT2D eigenvalue weighted by atomic mass is 16.3. The second-order valence-electron chi connectivity index (χ2n) is 5.19. The summed E-state index contributed by atoms with van der Waals surface area (Å²) in [4.78, 5) is 15.9. The normalized spacial score (nSPS) is 22.8. The third-order valence-corrected chi connectivity index (χ3v) is 3.71. The van der Waals surface area contributed by atoms with E-state index in [-0.39, 0.29) is 18.7 Å². The lowest BCUT2D eigenvalue weighted by molar-refractivity contribution is 0.176. The van der Waals surface area contributed by atoms with Crippen LogP contribution in [0, 0.1) is 12.8 Å². The van der Waals surface area contributed by atoms with E-state index in [0.29, 0.717) is 5.92 Å². The van der Waals surface area contributed by atoms with Crippen LogP contribution in [0.5, 0.6) is 0 Å². The number of anilines is 1. The van der Waals surface area contributed by atoms with Crippen LogP contribution in [-0.4, -0.2) is 28.8 Å². The van der Waals surface area contributed by atoms with E-state index in [2.05, 4.69) is 15.6 Å². The molecule has 0 saturated heterocycles. The van der Waals surface area contributed by atoms with Crippen LogP contribution >= 0.6 is 0 Å². The number of amides is 2. The Hall–Kier alpha value is -1.62. The highest BCUT2D eigenvalue weighted by Crippen LogP contribution is 2.23. The van der Waals surface area contributed by atoms with E-state index >= 15 is 0 Å². The smallest absolute Gasteiger partial charge is 0.319 e. The van der Waals surface area contributed by atoms with Crippen molar-refractivity contribution >= 4 is 11.7 Å². The zero-order valence-corrected chi connectivity index (χ0v) is 11.2. The summed E-state index contributed by atoms with van der Waals surface area (Å²) in [5, 5.41) is 14.9. The third-order valence-electron chi connectivity index (χ3n) is 3.71. The van der Waals surface area contributed by atoms with Gasteiger partial charge in [-0.15, -0.1) is 0 Å². The van der Waals surface area contributed by atoms with Gasteiger partial charge in [-0.3, -0.25) is 4.98 Å². The van der Waals surface area contributed by atoms with Crippen molar-refractivity contribution in [2.24, 2.45) is 5.92 Å². The Bertz CT molecular complexity index is 428. The van der Waals surface area contributed by atoms with E-state index in [0.717, 1.165) is 36.9 Å². The van der Waals surface area contributed by atoms with Crippen LogP contribution in [0.25, 0.3) is 0 Å². The number of hydrogen-bond donors (Lipinski definition) is 3. The number of carbonyl (C=O) groups is 1. The lowest BCUT2D eigenvalue weighted by Gasteiger charge is -2.28. The van der Waals surface area contributed by atoms with E-state index in [9.17, 15) is 4.79 Å². The minimum Gasteiger partial charge on any atom is -0.396 e. The zero-order valence-electron chi connectivity index (χ0n) is 11.2. The van der Waals surface area contributed by atoms with Crippen molar-refractivity contribution in [3.8, 4) is 0 Å². The fraction of sp³-hybridized carbons (Fsp3) is 0.571. The molecule has 3 N–H and O–H groups in total. The molecule has 0 atom stereocenters. The molecule has 0 aliphatic heterocycles. The highest BCUT2D eigenvalue weighted by molar-refractivity contribution is 5.90. The van der Waals surface area contributed by atoms with Crippen LogP contribution < -0.4 is 10.6 Å². The lowest BCUT2D eigenvalue weighted by Crippen LogP contribution is -2.40. The van der Waals surface area contributed by atoms with Crippen LogP contribution in [-0.2, 0) is 0 Å². The van der Waals surface area contributed by atoms with Crippen molar-refractivity contribution in [2.45, 2.75) is 38.6 Å². The quantitative estimate of drug-likeness (QED) is 0.781. The number of aliphatic hydroxyl groups is 1. The summed E-state index contributed by atoms with van der Waals surface area (Å²) >= 11 is 0. The molecule has 0 aromatic carbocycles. The summed E-state index contributed by atoms with van der Waals surface area (Å²) in [6.07, 6.45) is 7.23. The van der Waals surface area contributed by atoms with E-state index in [1.54, 1.807) is 18.5 Å². The summed E-state index contributed by atoms with van der Waals surface area (Å²) in [6, 6.07) is 1.84. The van der Waals surface area contributed by atoms with Crippen molar-refractivity contribution in [2.75, 3.05) is 11.9 Å². The molecule has 5 heteroatoms. The summed E-state index contributed by atoms with van der Waals surface area (Å²) in [7, 11) is 0. The molecular weight excluding hydrogens is 242 g/mol. The third kappa shape index (κ3) is 3.92. The van der Waals surface area contributed by atoms with Crippen molar-refractivity contribution in [3.63, 3.8) is 0 Å². The summed E-state index contributed by atoms with van der Waals surface area (Å²) in [5.74, 6) is 0.406. The number of pyridine rings is 1. The van der Waals surface area contributed by atoms with E-state index < -0.39 is 0 Å². The second kappa shape index (κ2) is 6.52. The molecular formula is C14H21N3O2. The summed E-state index contributed by atoms with van der Waals surface area (Å²) < 4.78 is 0. The number of aromatic nitrogens is 1. The monoisotopic (exact) mass is 263 g/mol. The van der Waals surface area contributed by atoms with E-state index in [1.807, 2.05) is 6.92 Å². The molecule has 1 aromatic heterocycles. The molecule has 19 heavy (non-hydrogen) atoms. The lowest BCUT2D eigenvalue weighted by atomic mass is 9.87. The maximum atomic E-state index is 11.9. The Morgan fingerprint density at radius 1 is 1.42 bits per heavy atom. The molecule has 5 nitrogen and oxygen atoms in total. The molecule has 0 spiro atoms. The van der Waals surface area contributed by atoms with Gasteiger partial charge in [0.2, 0.25) is 0 Å². The van der Waals surface area contributed by atoms with Crippen LogP contribution in [0.15, 0.2) is 18.5 Å². The molecule has 1 aromatic rings. The van der Waals surface area contributed by atoms with Crippen LogP contribution in [0.3, 0.4) is 0 Å². The molecule has 0 bridgehead atoms. The highest BCUT2D eigenvalue weighted by Gasteiger charge is 2.21. The average molecular weight is 263 g/mol. The minimum absolute atomic E-state index is 0.165. The van der Waals surface area contributed by atoms with Gasteiger partial charge in [0.1, 0.15) is 0 Å². The predicted octanol–water partition coefficient (Wildman–Crippen LogP) is 2.06. The number of carbonyl (C=O) groups excluding carboxylic acids is 1. The van der Waals surface area contributed by atoms with Crippen LogP contribution in [0.4, 0.5) is 10.5 Å². The second-order valence-corrected chi connectivity index (χ2v) is 5.19. The van der Waals surface area contributed by atoms with Gasteiger partial charge in [-0.1, -0.05) is 0 Å². The minimum atomic E-state index is -0.165. The molecule has 1 fully saturated rings. The standard InChI is InChI=1S/C14H21N3O2/c1-10-8-15-7-6-13(10)17-14(19)16-12-4-2-11(9-18)3-5-12/h6-8,11-12,18H,2-5,9H2,1H3,(H2,15,16,17,19). The predicted molar refractivity (Wildman–Crippen MR) is 74.0 cm³/mol. The number of nitrogens with one attached hydrogen (secondary N) is 2. The van der Waals surface area contributed by atoms with Gasteiger partial charge in [-0.2, -0.15) is 0 Å². The average Bonchev–Trinajstić information content (AvgIpc) is 2.42. The zero-order chi connectivity index (χ0) is 13.7. The Morgan fingerprint density at radius 3 is 2.79 bits per heavy atom. The van der Waals surface area contributed by atoms with Crippen molar-refractivity contribution in [1.29, 1.82) is 0 Å². The Labute approximate surface area is 113 Å². The molecule has 104 valence electrons. The van der Waals surface area contributed by atoms with E-state index in [1.165, 1.54) is 0 Å². The van der Waals surface area contributed by atoms with Crippen molar-refractivity contribution in [3.05, 3.63) is 24.0 Å². The van der Waals surface area contributed by atoms with Crippen molar-refractivity contribution < 1.29 is 9.90 Å². The van der Waals surface area contributed by atoms with Crippen LogP contribution in [0.2, 0.25) is 0 Å². The van der Waals surface area contributed by atoms with Gasteiger partial charge >= 0.3 is 6.03 Å². The summed E-state index contributed by atoms with van der Waals surface area (Å²) in [5.41, 5.74) is 1.73. The SMILES string of the molecule is Cc1cnccc1NC(=O)NC1CCC(CO)CC1. The van der Waals surface area contributed by atoms with Gasteiger partial charge < -0.3 is 15.7 Å². The molecule has 1 aliphatic carbocycles. The first-order valence-electron chi connectivity index (χ1n) is 6.78. The first kappa shape index (κ1) is 13.8. The molecule has 0 unspecified atom stereocenters. The Morgan fingerprint density at radius 2 is 2.16 bits per heavy atom. The number of rotatable bonds is 3. The molecule has 1 heterocycles. The van der Waals surface area contributed by atoms with Gasteiger partial charge in [0.05, 0.1) is 0 Å². The van der Waals surface area contributed by atoms with E-state index in [4.69, 9.17) is 5.11 Å². The van der Waals surface area contributed by atoms with Gasteiger partial charge in [0.25, 0.3) is 0 Å². The summed E-state index contributed by atoms with van der Waals surface area (Å²) in [6.45, 7) is 2.17. The Balaban J connectivity index is 1.81. The number of hydrogen-bond acceptors (Lipinski definition) is 3. The van der Waals surface area contributed by atoms with Gasteiger partial charge in [0, 0.05) is 30.7 Å². The first-order chi connectivity index (χ1) is 9.19. The topological polar surface area (TPSA) is 74.2 Å². The first-order valence-corrected chi connectivity index (χ1v) is 6.78. The number of aliphatic hydroxyl groups excluding tert-OH is 1. The van der Waals surface area contributed by atoms with Gasteiger partial charge in [-0.05, 0) is 50.2 Å². The van der Waals surface area contributed by atoms with Crippen LogP contribution in [0.1, 0.15) is 31.2 Å². The largest absolute Gasteiger partial charge is 0.396 e. The molecule has 1 saturated carbocycles. The van der Waals surface area contributed by atoms with Crippen molar-refractivity contribution in [1.82, 2.24) is 10.3 Å². The molecule has 0 radical (unpaired) electrons. The molecule has 2 amide bonds. The van der Waals surface area contributed by atoms with Gasteiger partial charge in [-0.25, -0.2) is 4.79 Å². The molecule has 2 rings (SSSR count). The molecule has 1 aliphatic rings.